The topological polar surface area (TPSA) is 93.1 Å². The summed E-state index contributed by atoms with van der Waals surface area (Å²) in [4.78, 5) is 12.3. The lowest BCUT2D eigenvalue weighted by molar-refractivity contribution is -0.0525. The maximum absolute atomic E-state index is 12.5. The van der Waals surface area contributed by atoms with Gasteiger partial charge in [-0.2, -0.15) is 21.6 Å². The molecule has 1 aromatic rings. The molecule has 1 aliphatic heterocycles. The summed E-state index contributed by atoms with van der Waals surface area (Å²) in [6.45, 7) is -0.226. The molecule has 0 spiro atoms. The van der Waals surface area contributed by atoms with Gasteiger partial charge in [-0.3, -0.25) is 4.90 Å². The molecule has 1 atom stereocenters. The van der Waals surface area contributed by atoms with Crippen LogP contribution >= 0.6 is 0 Å². The van der Waals surface area contributed by atoms with Gasteiger partial charge in [0.05, 0.1) is 13.2 Å². The minimum atomic E-state index is -5.81. The van der Waals surface area contributed by atoms with E-state index < -0.39 is 33.5 Å². The standard InChI is InChI=1S/C14H14F3NO6S/c1-23-10-4-2-3-9(7-10)12-8-11(5-6-18(12)13(19)20)24-25(21,22)14(15,16)17/h2-4,7-8,12H,5-6H2,1H3,(H,19,20). The van der Waals surface area contributed by atoms with Gasteiger partial charge in [0, 0.05) is 13.0 Å². The third kappa shape index (κ3) is 4.16. The Hall–Kier alpha value is -2.43. The molecule has 2 rings (SSSR count). The van der Waals surface area contributed by atoms with Gasteiger partial charge in [-0.1, -0.05) is 12.1 Å². The molecule has 1 unspecified atom stereocenters. The molecule has 0 fully saturated rings. The van der Waals surface area contributed by atoms with Gasteiger partial charge in [0.25, 0.3) is 0 Å². The molecule has 1 aliphatic rings. The highest BCUT2D eigenvalue weighted by Gasteiger charge is 2.49. The van der Waals surface area contributed by atoms with Crippen molar-refractivity contribution in [2.75, 3.05) is 13.7 Å². The Morgan fingerprint density at radius 3 is 2.60 bits per heavy atom. The summed E-state index contributed by atoms with van der Waals surface area (Å²) in [6.07, 6.45) is -0.570. The Kier molecular flexibility index (Phi) is 5.16. The van der Waals surface area contributed by atoms with Crippen LogP contribution in [-0.4, -0.2) is 43.7 Å². The van der Waals surface area contributed by atoms with E-state index in [1.165, 1.54) is 13.2 Å². The molecule has 11 heteroatoms. The van der Waals surface area contributed by atoms with E-state index in [1.807, 2.05) is 0 Å². The fraction of sp³-hybridized carbons (Fsp3) is 0.357. The molecule has 0 saturated carbocycles. The summed E-state index contributed by atoms with van der Waals surface area (Å²) >= 11 is 0. The SMILES string of the molecule is COc1cccc(C2C=C(OS(=O)(=O)C(F)(F)F)CCN2C(=O)O)c1. The lowest BCUT2D eigenvalue weighted by Gasteiger charge is -2.32. The van der Waals surface area contributed by atoms with Gasteiger partial charge in [0.2, 0.25) is 0 Å². The lowest BCUT2D eigenvalue weighted by atomic mass is 10.0. The second kappa shape index (κ2) is 6.82. The number of methoxy groups -OCH3 is 1. The van der Waals surface area contributed by atoms with Crippen LogP contribution < -0.4 is 4.74 Å². The van der Waals surface area contributed by atoms with E-state index in [0.29, 0.717) is 11.3 Å². The van der Waals surface area contributed by atoms with Gasteiger partial charge in [-0.05, 0) is 23.8 Å². The molecule has 0 radical (unpaired) electrons. The first-order valence-electron chi connectivity index (χ1n) is 6.90. The number of hydrogen-bond acceptors (Lipinski definition) is 5. The summed E-state index contributed by atoms with van der Waals surface area (Å²) in [5, 5.41) is 9.27. The number of hydrogen-bond donors (Lipinski definition) is 1. The van der Waals surface area contributed by atoms with Crippen molar-refractivity contribution in [3.05, 3.63) is 41.7 Å². The van der Waals surface area contributed by atoms with E-state index in [-0.39, 0.29) is 13.0 Å². The van der Waals surface area contributed by atoms with Crippen molar-refractivity contribution in [1.29, 1.82) is 0 Å². The van der Waals surface area contributed by atoms with E-state index in [9.17, 15) is 31.5 Å². The molecular formula is C14H14F3NO6S. The number of carbonyl (C=O) groups is 1. The Morgan fingerprint density at radius 2 is 2.04 bits per heavy atom. The van der Waals surface area contributed by atoms with Gasteiger partial charge in [0.15, 0.2) is 0 Å². The van der Waals surface area contributed by atoms with E-state index >= 15 is 0 Å². The van der Waals surface area contributed by atoms with Crippen LogP contribution in [0.25, 0.3) is 0 Å². The first-order valence-corrected chi connectivity index (χ1v) is 8.31. The Labute approximate surface area is 141 Å². The van der Waals surface area contributed by atoms with E-state index in [1.54, 1.807) is 18.2 Å². The predicted octanol–water partition coefficient (Wildman–Crippen LogP) is 2.87. The first-order chi connectivity index (χ1) is 11.5. The van der Waals surface area contributed by atoms with Gasteiger partial charge >= 0.3 is 21.7 Å². The zero-order valence-electron chi connectivity index (χ0n) is 12.9. The average molecular weight is 381 g/mol. The third-order valence-electron chi connectivity index (χ3n) is 3.46. The number of ether oxygens (including phenoxy) is 1. The molecule has 0 bridgehead atoms. The molecule has 1 aromatic carbocycles. The molecule has 0 aromatic heterocycles. The monoisotopic (exact) mass is 381 g/mol. The predicted molar refractivity (Wildman–Crippen MR) is 79.2 cm³/mol. The Bertz CT molecular complexity index is 790. The van der Waals surface area contributed by atoms with Crippen molar-refractivity contribution in [2.45, 2.75) is 18.0 Å². The summed E-state index contributed by atoms with van der Waals surface area (Å²) < 4.78 is 68.8. The van der Waals surface area contributed by atoms with Crippen molar-refractivity contribution >= 4 is 16.2 Å². The number of benzene rings is 1. The highest BCUT2D eigenvalue weighted by molar-refractivity contribution is 7.87. The normalized spacial score (nSPS) is 18.5. The Balaban J connectivity index is 2.40. The van der Waals surface area contributed by atoms with Crippen LogP contribution in [0, 0.1) is 0 Å². The van der Waals surface area contributed by atoms with Gasteiger partial charge in [-0.15, -0.1) is 0 Å². The van der Waals surface area contributed by atoms with Crippen molar-refractivity contribution in [2.24, 2.45) is 0 Å². The number of alkyl halides is 3. The molecule has 25 heavy (non-hydrogen) atoms. The fourth-order valence-corrected chi connectivity index (χ4v) is 2.81. The summed E-state index contributed by atoms with van der Waals surface area (Å²) in [5.74, 6) is -0.0603. The van der Waals surface area contributed by atoms with Crippen molar-refractivity contribution < 1.29 is 40.4 Å². The van der Waals surface area contributed by atoms with E-state index in [4.69, 9.17) is 4.74 Å². The maximum atomic E-state index is 12.5. The second-order valence-corrected chi connectivity index (χ2v) is 6.60. The van der Waals surface area contributed by atoms with Crippen LogP contribution in [0.4, 0.5) is 18.0 Å². The van der Waals surface area contributed by atoms with E-state index in [2.05, 4.69) is 4.18 Å². The van der Waals surface area contributed by atoms with Gasteiger partial charge in [0.1, 0.15) is 11.5 Å². The highest BCUT2D eigenvalue weighted by Crippen LogP contribution is 2.34. The fourth-order valence-electron chi connectivity index (χ4n) is 2.29. The molecular weight excluding hydrogens is 367 g/mol. The molecule has 0 aliphatic carbocycles. The van der Waals surface area contributed by atoms with Crippen LogP contribution in [0.15, 0.2) is 36.1 Å². The molecule has 1 amide bonds. The number of carboxylic acid groups (broad SMARTS) is 1. The number of amides is 1. The summed E-state index contributed by atoms with van der Waals surface area (Å²) in [7, 11) is -4.41. The first kappa shape index (κ1) is 18.9. The number of nitrogens with zero attached hydrogens (tertiary/aromatic N) is 1. The average Bonchev–Trinajstić information content (AvgIpc) is 2.53. The molecule has 0 saturated heterocycles. The maximum Gasteiger partial charge on any atom is 0.534 e. The van der Waals surface area contributed by atoms with E-state index in [0.717, 1.165) is 11.0 Å². The molecule has 1 heterocycles. The smallest absolute Gasteiger partial charge is 0.497 e. The highest BCUT2D eigenvalue weighted by atomic mass is 32.2. The minimum Gasteiger partial charge on any atom is -0.497 e. The van der Waals surface area contributed by atoms with Crippen LogP contribution in [-0.2, 0) is 14.3 Å². The van der Waals surface area contributed by atoms with Crippen molar-refractivity contribution in [1.82, 2.24) is 4.90 Å². The lowest BCUT2D eigenvalue weighted by Crippen LogP contribution is -2.37. The van der Waals surface area contributed by atoms with Crippen molar-refractivity contribution in [3.63, 3.8) is 0 Å². The second-order valence-electron chi connectivity index (χ2n) is 5.06. The van der Waals surface area contributed by atoms with Crippen LogP contribution in [0.3, 0.4) is 0 Å². The minimum absolute atomic E-state index is 0.226. The van der Waals surface area contributed by atoms with Crippen LogP contribution in [0.2, 0.25) is 0 Å². The van der Waals surface area contributed by atoms with Crippen LogP contribution in [0.1, 0.15) is 18.0 Å². The zero-order chi connectivity index (χ0) is 18.8. The van der Waals surface area contributed by atoms with Crippen LogP contribution in [0.5, 0.6) is 5.75 Å². The number of rotatable bonds is 4. The molecule has 1 N–H and O–H groups in total. The number of halogens is 3. The summed E-state index contributed by atoms with van der Waals surface area (Å²) in [6, 6.07) is 5.20. The Morgan fingerprint density at radius 1 is 1.36 bits per heavy atom. The van der Waals surface area contributed by atoms with Gasteiger partial charge in [-0.25, -0.2) is 4.79 Å². The van der Waals surface area contributed by atoms with Gasteiger partial charge < -0.3 is 14.0 Å². The third-order valence-corrected chi connectivity index (χ3v) is 4.46. The zero-order valence-corrected chi connectivity index (χ0v) is 13.7. The van der Waals surface area contributed by atoms with Crippen molar-refractivity contribution in [3.8, 4) is 5.75 Å². The molecule has 138 valence electrons. The quantitative estimate of drug-likeness (QED) is 0.637. The largest absolute Gasteiger partial charge is 0.534 e. The molecule has 7 nitrogen and oxygen atoms in total. The summed E-state index contributed by atoms with van der Waals surface area (Å²) in [5.41, 5.74) is -5.17.